The van der Waals surface area contributed by atoms with Crippen molar-refractivity contribution >= 4 is 0 Å². The Morgan fingerprint density at radius 3 is 2.61 bits per heavy atom. The summed E-state index contributed by atoms with van der Waals surface area (Å²) >= 11 is 0. The maximum atomic E-state index is 5.84. The van der Waals surface area contributed by atoms with Crippen LogP contribution < -0.4 is 5.32 Å². The van der Waals surface area contributed by atoms with Gasteiger partial charge in [0, 0.05) is 30.8 Å². The first kappa shape index (κ1) is 14.3. The fraction of sp³-hybridized carbons (Fsp3) is 1.00. The zero-order valence-electron chi connectivity index (χ0n) is 12.6. The highest BCUT2D eigenvalue weighted by Crippen LogP contribution is 2.34. The fourth-order valence-electron chi connectivity index (χ4n) is 3.52. The second kappa shape index (κ2) is 5.48. The molecule has 2 saturated heterocycles. The summed E-state index contributed by atoms with van der Waals surface area (Å²) < 4.78 is 5.84. The van der Waals surface area contributed by atoms with E-state index in [1.54, 1.807) is 0 Å². The van der Waals surface area contributed by atoms with Crippen molar-refractivity contribution in [3.63, 3.8) is 0 Å². The quantitative estimate of drug-likeness (QED) is 0.837. The molecule has 0 amide bonds. The standard InChI is InChI=1S/C15H30N2O/c1-5-15(6-2)12-17(10-7-9-16-15)14(4)8-11-18-13(14)3/h13,16H,5-12H2,1-4H3. The Kier molecular flexibility index (Phi) is 4.35. The van der Waals surface area contributed by atoms with Crippen LogP contribution in [0.2, 0.25) is 0 Å². The molecule has 2 rings (SSSR count). The highest BCUT2D eigenvalue weighted by molar-refractivity contribution is 5.01. The van der Waals surface area contributed by atoms with Crippen LogP contribution in [0.15, 0.2) is 0 Å². The molecule has 2 unspecified atom stereocenters. The molecule has 0 aliphatic carbocycles. The molecule has 2 aliphatic rings. The van der Waals surface area contributed by atoms with E-state index in [9.17, 15) is 0 Å². The molecule has 0 saturated carbocycles. The van der Waals surface area contributed by atoms with Crippen LogP contribution in [0.5, 0.6) is 0 Å². The summed E-state index contributed by atoms with van der Waals surface area (Å²) in [4.78, 5) is 2.71. The maximum Gasteiger partial charge on any atom is 0.0728 e. The molecule has 3 heteroatoms. The van der Waals surface area contributed by atoms with E-state index in [0.29, 0.717) is 11.6 Å². The van der Waals surface area contributed by atoms with Gasteiger partial charge in [0.25, 0.3) is 0 Å². The van der Waals surface area contributed by atoms with Crippen LogP contribution >= 0.6 is 0 Å². The van der Waals surface area contributed by atoms with Crippen molar-refractivity contribution in [3.05, 3.63) is 0 Å². The van der Waals surface area contributed by atoms with Gasteiger partial charge in [-0.2, -0.15) is 0 Å². The fourth-order valence-corrected chi connectivity index (χ4v) is 3.52. The third kappa shape index (κ3) is 2.45. The Bertz CT molecular complexity index is 278. The van der Waals surface area contributed by atoms with Crippen molar-refractivity contribution < 1.29 is 4.74 Å². The van der Waals surface area contributed by atoms with E-state index in [4.69, 9.17) is 4.74 Å². The van der Waals surface area contributed by atoms with Crippen molar-refractivity contribution in [1.82, 2.24) is 10.2 Å². The number of rotatable bonds is 3. The van der Waals surface area contributed by atoms with Gasteiger partial charge in [0.05, 0.1) is 6.10 Å². The van der Waals surface area contributed by atoms with Crippen LogP contribution in [-0.4, -0.2) is 48.3 Å². The summed E-state index contributed by atoms with van der Waals surface area (Å²) in [5, 5.41) is 3.80. The van der Waals surface area contributed by atoms with Gasteiger partial charge in [-0.05, 0) is 46.1 Å². The molecule has 1 N–H and O–H groups in total. The second-order valence-corrected chi connectivity index (χ2v) is 6.31. The SMILES string of the molecule is CCC1(CC)CN(C2(C)CCOC2C)CCCN1. The van der Waals surface area contributed by atoms with Crippen LogP contribution in [0.4, 0.5) is 0 Å². The molecular weight excluding hydrogens is 224 g/mol. The van der Waals surface area contributed by atoms with Gasteiger partial charge in [-0.15, -0.1) is 0 Å². The summed E-state index contributed by atoms with van der Waals surface area (Å²) in [6.07, 6.45) is 5.22. The maximum absolute atomic E-state index is 5.84. The van der Waals surface area contributed by atoms with E-state index >= 15 is 0 Å². The summed E-state index contributed by atoms with van der Waals surface area (Å²) in [5.74, 6) is 0. The zero-order chi connectivity index (χ0) is 13.2. The second-order valence-electron chi connectivity index (χ2n) is 6.31. The molecule has 0 radical (unpaired) electrons. The summed E-state index contributed by atoms with van der Waals surface area (Å²) in [7, 11) is 0. The van der Waals surface area contributed by atoms with Crippen molar-refractivity contribution in [2.75, 3.05) is 26.2 Å². The third-order valence-electron chi connectivity index (χ3n) is 5.53. The minimum absolute atomic E-state index is 0.238. The highest BCUT2D eigenvalue weighted by atomic mass is 16.5. The van der Waals surface area contributed by atoms with Gasteiger partial charge in [0.1, 0.15) is 0 Å². The van der Waals surface area contributed by atoms with Gasteiger partial charge in [-0.25, -0.2) is 0 Å². The van der Waals surface area contributed by atoms with Crippen LogP contribution in [0.3, 0.4) is 0 Å². The number of nitrogens with zero attached hydrogens (tertiary/aromatic N) is 1. The molecule has 3 nitrogen and oxygen atoms in total. The van der Waals surface area contributed by atoms with Crippen molar-refractivity contribution in [3.8, 4) is 0 Å². The molecular formula is C15H30N2O. The predicted molar refractivity (Wildman–Crippen MR) is 75.9 cm³/mol. The molecule has 2 fully saturated rings. The minimum Gasteiger partial charge on any atom is -0.377 e. The van der Waals surface area contributed by atoms with E-state index in [-0.39, 0.29) is 5.54 Å². The Morgan fingerprint density at radius 2 is 2.06 bits per heavy atom. The van der Waals surface area contributed by atoms with E-state index in [0.717, 1.165) is 13.2 Å². The van der Waals surface area contributed by atoms with Gasteiger partial charge in [0.15, 0.2) is 0 Å². The number of hydrogen-bond acceptors (Lipinski definition) is 3. The molecule has 0 aromatic rings. The molecule has 106 valence electrons. The van der Waals surface area contributed by atoms with Gasteiger partial charge >= 0.3 is 0 Å². The molecule has 0 spiro atoms. The summed E-state index contributed by atoms with van der Waals surface area (Å²) in [5.41, 5.74) is 0.545. The number of nitrogens with one attached hydrogen (secondary N) is 1. The summed E-state index contributed by atoms with van der Waals surface area (Å²) in [6.45, 7) is 13.7. The predicted octanol–water partition coefficient (Wildman–Crippen LogP) is 2.41. The van der Waals surface area contributed by atoms with E-state index in [1.165, 1.54) is 38.8 Å². The first-order valence-electron chi connectivity index (χ1n) is 7.68. The smallest absolute Gasteiger partial charge is 0.0728 e. The Labute approximate surface area is 112 Å². The monoisotopic (exact) mass is 254 g/mol. The van der Waals surface area contributed by atoms with Crippen molar-refractivity contribution in [1.29, 1.82) is 0 Å². The van der Waals surface area contributed by atoms with Gasteiger partial charge in [-0.1, -0.05) is 13.8 Å². The topological polar surface area (TPSA) is 24.5 Å². The molecule has 0 aromatic carbocycles. The van der Waals surface area contributed by atoms with E-state index < -0.39 is 0 Å². The van der Waals surface area contributed by atoms with Gasteiger partial charge in [-0.3, -0.25) is 4.90 Å². The first-order valence-corrected chi connectivity index (χ1v) is 7.68. The lowest BCUT2D eigenvalue weighted by atomic mass is 9.87. The molecule has 2 atom stereocenters. The Hall–Kier alpha value is -0.120. The van der Waals surface area contributed by atoms with Crippen LogP contribution in [-0.2, 0) is 4.74 Å². The van der Waals surface area contributed by atoms with Gasteiger partial charge in [0.2, 0.25) is 0 Å². The van der Waals surface area contributed by atoms with Gasteiger partial charge < -0.3 is 10.1 Å². The Morgan fingerprint density at radius 1 is 1.33 bits per heavy atom. The Balaban J connectivity index is 2.16. The van der Waals surface area contributed by atoms with Crippen molar-refractivity contribution in [2.45, 2.75) is 70.6 Å². The average molecular weight is 254 g/mol. The number of hydrogen-bond donors (Lipinski definition) is 1. The first-order chi connectivity index (χ1) is 8.56. The summed E-state index contributed by atoms with van der Waals surface area (Å²) in [6, 6.07) is 0. The molecule has 18 heavy (non-hydrogen) atoms. The minimum atomic E-state index is 0.238. The van der Waals surface area contributed by atoms with Crippen molar-refractivity contribution in [2.24, 2.45) is 0 Å². The van der Waals surface area contributed by atoms with Crippen LogP contribution in [0.25, 0.3) is 0 Å². The zero-order valence-corrected chi connectivity index (χ0v) is 12.6. The molecule has 0 aromatic heterocycles. The number of ether oxygens (including phenoxy) is 1. The highest BCUT2D eigenvalue weighted by Gasteiger charge is 2.45. The lowest BCUT2D eigenvalue weighted by Crippen LogP contribution is -2.58. The van der Waals surface area contributed by atoms with Crippen LogP contribution in [0, 0.1) is 0 Å². The molecule has 0 bridgehead atoms. The lowest BCUT2D eigenvalue weighted by molar-refractivity contribution is 0.00971. The lowest BCUT2D eigenvalue weighted by Gasteiger charge is -2.44. The largest absolute Gasteiger partial charge is 0.377 e. The molecule has 2 heterocycles. The normalized spacial score (nSPS) is 37.7. The molecule has 2 aliphatic heterocycles. The van der Waals surface area contributed by atoms with E-state index in [2.05, 4.69) is 37.9 Å². The third-order valence-corrected chi connectivity index (χ3v) is 5.53. The van der Waals surface area contributed by atoms with Crippen LogP contribution in [0.1, 0.15) is 53.4 Å². The average Bonchev–Trinajstić information content (AvgIpc) is 2.63. The van der Waals surface area contributed by atoms with E-state index in [1.807, 2.05) is 0 Å².